The van der Waals surface area contributed by atoms with Gasteiger partial charge in [0.25, 0.3) is 0 Å². The van der Waals surface area contributed by atoms with Gasteiger partial charge in [0.05, 0.1) is 0 Å². The number of thioether (sulfide) groups is 1. The van der Waals surface area contributed by atoms with Gasteiger partial charge in [0.2, 0.25) is 0 Å². The molecule has 0 spiro atoms. The Morgan fingerprint density at radius 2 is 2.11 bits per heavy atom. The summed E-state index contributed by atoms with van der Waals surface area (Å²) in [6, 6.07) is 4.67. The summed E-state index contributed by atoms with van der Waals surface area (Å²) in [5.74, 6) is 1.13. The summed E-state index contributed by atoms with van der Waals surface area (Å²) in [5, 5.41) is 3.63. The van der Waals surface area contributed by atoms with Gasteiger partial charge in [0, 0.05) is 39.3 Å². The van der Waals surface area contributed by atoms with Gasteiger partial charge in [-0.15, -0.1) is 0 Å². The zero-order valence-electron chi connectivity index (χ0n) is 12.4. The Kier molecular flexibility index (Phi) is 7.40. The first-order chi connectivity index (χ1) is 8.90. The fraction of sp³-hybridized carbons (Fsp3) is 0.667. The lowest BCUT2D eigenvalue weighted by Crippen LogP contribution is -2.35. The molecule has 0 saturated carbocycles. The minimum Gasteiger partial charge on any atom is -0.313 e. The molecule has 1 heterocycles. The molecule has 1 unspecified atom stereocenters. The summed E-state index contributed by atoms with van der Waals surface area (Å²) in [6.45, 7) is 10.1. The molecule has 0 aliphatic carbocycles. The number of pyridine rings is 1. The third-order valence-electron chi connectivity index (χ3n) is 2.64. The molecule has 1 N–H and O–H groups in total. The fourth-order valence-corrected chi connectivity index (χ4v) is 2.84. The van der Waals surface area contributed by atoms with E-state index in [1.165, 1.54) is 6.42 Å². The Hall–Kier alpha value is -0.0600. The molecule has 1 aromatic rings. The van der Waals surface area contributed by atoms with E-state index in [1.54, 1.807) is 0 Å². The second kappa shape index (κ2) is 8.28. The Morgan fingerprint density at radius 3 is 2.63 bits per heavy atom. The number of hydrogen-bond acceptors (Lipinski definition) is 3. The highest BCUT2D eigenvalue weighted by Gasteiger charge is 2.16. The number of hydrogen-bond donors (Lipinski definition) is 1. The van der Waals surface area contributed by atoms with E-state index in [-0.39, 0.29) is 0 Å². The van der Waals surface area contributed by atoms with Crippen LogP contribution in [0.25, 0.3) is 0 Å². The molecule has 0 aliphatic rings. The van der Waals surface area contributed by atoms with Crippen molar-refractivity contribution in [1.82, 2.24) is 10.3 Å². The second-order valence-electron chi connectivity index (χ2n) is 5.75. The highest BCUT2D eigenvalue weighted by molar-refractivity contribution is 9.10. The number of rotatable bonds is 7. The van der Waals surface area contributed by atoms with Crippen LogP contribution < -0.4 is 5.32 Å². The van der Waals surface area contributed by atoms with E-state index in [1.807, 2.05) is 18.0 Å². The fourth-order valence-electron chi connectivity index (χ4n) is 1.67. The summed E-state index contributed by atoms with van der Waals surface area (Å²) in [7, 11) is 0. The molecule has 0 aliphatic heterocycles. The van der Waals surface area contributed by atoms with Crippen LogP contribution in [0.2, 0.25) is 0 Å². The lowest BCUT2D eigenvalue weighted by Gasteiger charge is -2.23. The molecule has 1 rings (SSSR count). The van der Waals surface area contributed by atoms with Gasteiger partial charge in [-0.2, -0.15) is 11.8 Å². The van der Waals surface area contributed by atoms with E-state index in [9.17, 15) is 0 Å². The smallest absolute Gasteiger partial charge is 0.0420 e. The lowest BCUT2D eigenvalue weighted by molar-refractivity contribution is 0.543. The first-order valence-electron chi connectivity index (χ1n) is 6.88. The molecule has 1 atom stereocenters. The number of nitrogens with one attached hydrogen (secondary N) is 1. The molecule has 1 aromatic heterocycles. The summed E-state index contributed by atoms with van der Waals surface area (Å²) in [6.07, 6.45) is 4.05. The average Bonchev–Trinajstić information content (AvgIpc) is 2.34. The zero-order valence-corrected chi connectivity index (χ0v) is 14.8. The maximum Gasteiger partial charge on any atom is 0.0420 e. The van der Waals surface area contributed by atoms with Crippen LogP contribution in [0, 0.1) is 0 Å². The minimum atomic E-state index is 0.319. The first kappa shape index (κ1) is 17.0. The molecule has 0 radical (unpaired) electrons. The standard InChI is InChI=1S/C15H25BrN2S/c1-5-8-17-14(11-19-15(2,3)4)9-13-7-6-12(16)10-18-13/h6-7,10,14,17H,5,8-9,11H2,1-4H3. The zero-order chi connectivity index (χ0) is 14.3. The molecule has 0 saturated heterocycles. The van der Waals surface area contributed by atoms with Gasteiger partial charge in [-0.05, 0) is 41.0 Å². The Bertz CT molecular complexity index is 359. The quantitative estimate of drug-likeness (QED) is 0.798. The van der Waals surface area contributed by atoms with Gasteiger partial charge >= 0.3 is 0 Å². The molecule has 0 bridgehead atoms. The molecule has 4 heteroatoms. The molecule has 0 aromatic carbocycles. The minimum absolute atomic E-state index is 0.319. The lowest BCUT2D eigenvalue weighted by atomic mass is 10.1. The van der Waals surface area contributed by atoms with E-state index >= 15 is 0 Å². The van der Waals surface area contributed by atoms with Crippen LogP contribution in [0.3, 0.4) is 0 Å². The molecular formula is C15H25BrN2S. The average molecular weight is 345 g/mol. The largest absolute Gasteiger partial charge is 0.313 e. The summed E-state index contributed by atoms with van der Waals surface area (Å²) in [4.78, 5) is 4.47. The Balaban J connectivity index is 2.55. The topological polar surface area (TPSA) is 24.9 Å². The van der Waals surface area contributed by atoms with Crippen molar-refractivity contribution in [2.24, 2.45) is 0 Å². The van der Waals surface area contributed by atoms with Crippen molar-refractivity contribution in [3.05, 3.63) is 28.5 Å². The van der Waals surface area contributed by atoms with Crippen molar-refractivity contribution < 1.29 is 0 Å². The first-order valence-corrected chi connectivity index (χ1v) is 8.66. The normalized spacial score (nSPS) is 13.5. The van der Waals surface area contributed by atoms with E-state index in [4.69, 9.17) is 0 Å². The van der Waals surface area contributed by atoms with Crippen LogP contribution >= 0.6 is 27.7 Å². The summed E-state index contributed by atoms with van der Waals surface area (Å²) in [5.41, 5.74) is 1.16. The van der Waals surface area contributed by atoms with Crippen molar-refractivity contribution in [2.45, 2.75) is 51.3 Å². The molecule has 2 nitrogen and oxygen atoms in total. The molecule has 108 valence electrons. The maximum atomic E-state index is 4.47. The van der Waals surface area contributed by atoms with Crippen molar-refractivity contribution in [2.75, 3.05) is 12.3 Å². The van der Waals surface area contributed by atoms with Crippen LogP contribution in [0.5, 0.6) is 0 Å². The Labute approximate surface area is 130 Å². The van der Waals surface area contributed by atoms with E-state index in [0.29, 0.717) is 10.8 Å². The van der Waals surface area contributed by atoms with Crippen LogP contribution in [0.4, 0.5) is 0 Å². The van der Waals surface area contributed by atoms with E-state index in [2.05, 4.69) is 66.1 Å². The predicted octanol–water partition coefficient (Wildman–Crippen LogP) is 4.29. The van der Waals surface area contributed by atoms with Gasteiger partial charge in [0.15, 0.2) is 0 Å². The monoisotopic (exact) mass is 344 g/mol. The van der Waals surface area contributed by atoms with Crippen LogP contribution in [-0.4, -0.2) is 28.1 Å². The molecule has 0 fully saturated rings. The third-order valence-corrected chi connectivity index (χ3v) is 4.55. The van der Waals surface area contributed by atoms with Gasteiger partial charge < -0.3 is 5.32 Å². The number of halogens is 1. The highest BCUT2D eigenvalue weighted by atomic mass is 79.9. The van der Waals surface area contributed by atoms with Crippen LogP contribution in [0.1, 0.15) is 39.8 Å². The molecule has 0 amide bonds. The van der Waals surface area contributed by atoms with Crippen molar-refractivity contribution in [3.63, 3.8) is 0 Å². The number of aromatic nitrogens is 1. The molecular weight excluding hydrogens is 320 g/mol. The van der Waals surface area contributed by atoms with Gasteiger partial charge in [0.1, 0.15) is 0 Å². The van der Waals surface area contributed by atoms with Crippen molar-refractivity contribution in [3.8, 4) is 0 Å². The van der Waals surface area contributed by atoms with Gasteiger partial charge in [-0.25, -0.2) is 0 Å². The summed E-state index contributed by atoms with van der Waals surface area (Å²) >= 11 is 5.44. The maximum absolute atomic E-state index is 4.47. The number of nitrogens with zero attached hydrogens (tertiary/aromatic N) is 1. The van der Waals surface area contributed by atoms with Crippen LogP contribution in [0.15, 0.2) is 22.8 Å². The Morgan fingerprint density at radius 1 is 1.37 bits per heavy atom. The van der Waals surface area contributed by atoms with Gasteiger partial charge in [-0.1, -0.05) is 27.7 Å². The SMILES string of the molecule is CCCNC(CSC(C)(C)C)Cc1ccc(Br)cn1. The van der Waals surface area contributed by atoms with E-state index < -0.39 is 0 Å². The van der Waals surface area contributed by atoms with Crippen molar-refractivity contribution >= 4 is 27.7 Å². The van der Waals surface area contributed by atoms with E-state index in [0.717, 1.165) is 28.9 Å². The third kappa shape index (κ3) is 7.95. The molecule has 19 heavy (non-hydrogen) atoms. The highest BCUT2D eigenvalue weighted by Crippen LogP contribution is 2.24. The predicted molar refractivity (Wildman–Crippen MR) is 89.9 cm³/mol. The second-order valence-corrected chi connectivity index (χ2v) is 8.51. The van der Waals surface area contributed by atoms with Crippen molar-refractivity contribution in [1.29, 1.82) is 0 Å². The van der Waals surface area contributed by atoms with Gasteiger partial charge in [-0.3, -0.25) is 4.98 Å². The summed E-state index contributed by atoms with van der Waals surface area (Å²) < 4.78 is 1.36. The van der Waals surface area contributed by atoms with Crippen LogP contribution in [-0.2, 0) is 6.42 Å².